The van der Waals surface area contributed by atoms with E-state index in [0.29, 0.717) is 33.0 Å². The third kappa shape index (κ3) is 3.29. The number of hydrogen-bond donors (Lipinski definition) is 1. The van der Waals surface area contributed by atoms with Crippen molar-refractivity contribution in [1.29, 1.82) is 0 Å². The summed E-state index contributed by atoms with van der Waals surface area (Å²) in [4.78, 5) is 4.21. The van der Waals surface area contributed by atoms with E-state index in [0.717, 1.165) is 4.47 Å². The van der Waals surface area contributed by atoms with E-state index in [4.69, 9.17) is 32.7 Å². The summed E-state index contributed by atoms with van der Waals surface area (Å²) in [6.07, 6.45) is 1.65. The second-order valence-corrected chi connectivity index (χ2v) is 5.53. The molecule has 0 aliphatic carbocycles. The maximum Gasteiger partial charge on any atom is 0.149 e. The molecule has 7 heteroatoms. The van der Waals surface area contributed by atoms with Gasteiger partial charge in [-0.25, -0.2) is 4.98 Å². The van der Waals surface area contributed by atoms with E-state index in [9.17, 15) is 0 Å². The normalized spacial score (nSPS) is 10.2. The molecule has 1 heterocycles. The lowest BCUT2D eigenvalue weighted by atomic mass is 10.2. The van der Waals surface area contributed by atoms with Gasteiger partial charge in [0.25, 0.3) is 0 Å². The van der Waals surface area contributed by atoms with Crippen LogP contribution in [0.25, 0.3) is 0 Å². The number of pyridine rings is 1. The van der Waals surface area contributed by atoms with Gasteiger partial charge in [0.1, 0.15) is 17.3 Å². The fourth-order valence-electron chi connectivity index (χ4n) is 1.59. The number of rotatable bonds is 4. The molecule has 1 aromatic carbocycles. The van der Waals surface area contributed by atoms with Gasteiger partial charge in [0.2, 0.25) is 0 Å². The molecule has 0 bridgehead atoms. The molecule has 0 unspecified atom stereocenters. The largest absolute Gasteiger partial charge is 0.495 e. The first-order valence-corrected chi connectivity index (χ1v) is 7.09. The topological polar surface area (TPSA) is 43.4 Å². The van der Waals surface area contributed by atoms with Crippen LogP contribution in [0.2, 0.25) is 10.0 Å². The van der Waals surface area contributed by atoms with Gasteiger partial charge in [0, 0.05) is 22.8 Å². The van der Waals surface area contributed by atoms with Gasteiger partial charge in [0.05, 0.1) is 30.0 Å². The van der Waals surface area contributed by atoms with Crippen LogP contribution in [0.5, 0.6) is 11.5 Å². The molecule has 0 fully saturated rings. The molecule has 0 amide bonds. The quantitative estimate of drug-likeness (QED) is 0.821. The molecule has 0 atom stereocenters. The van der Waals surface area contributed by atoms with Crippen LogP contribution in [0.3, 0.4) is 0 Å². The van der Waals surface area contributed by atoms with Crippen LogP contribution in [-0.2, 0) is 0 Å². The highest BCUT2D eigenvalue weighted by Gasteiger charge is 2.12. The highest BCUT2D eigenvalue weighted by Crippen LogP contribution is 2.38. The lowest BCUT2D eigenvalue weighted by Gasteiger charge is -2.14. The number of benzene rings is 1. The Hall–Kier alpha value is -1.17. The SMILES string of the molecule is COc1cc(Nc2ncc(Br)cc2Cl)c(OC)cc1Cl. The van der Waals surface area contributed by atoms with E-state index in [1.807, 2.05) is 0 Å². The molecular formula is C13H11BrCl2N2O2. The number of anilines is 2. The van der Waals surface area contributed by atoms with Crippen molar-refractivity contribution < 1.29 is 9.47 Å². The molecule has 0 saturated carbocycles. The zero-order valence-electron chi connectivity index (χ0n) is 10.7. The van der Waals surface area contributed by atoms with E-state index < -0.39 is 0 Å². The first kappa shape index (κ1) is 15.2. The zero-order valence-corrected chi connectivity index (χ0v) is 13.8. The van der Waals surface area contributed by atoms with Crippen LogP contribution in [0.15, 0.2) is 28.9 Å². The summed E-state index contributed by atoms with van der Waals surface area (Å²) < 4.78 is 11.3. The minimum atomic E-state index is 0.463. The lowest BCUT2D eigenvalue weighted by molar-refractivity contribution is 0.405. The maximum atomic E-state index is 6.13. The van der Waals surface area contributed by atoms with Crippen molar-refractivity contribution in [3.63, 3.8) is 0 Å². The van der Waals surface area contributed by atoms with Crippen molar-refractivity contribution >= 4 is 50.6 Å². The van der Waals surface area contributed by atoms with Gasteiger partial charge in [-0.05, 0) is 22.0 Å². The summed E-state index contributed by atoms with van der Waals surface area (Å²) >= 11 is 15.5. The number of methoxy groups -OCH3 is 2. The van der Waals surface area contributed by atoms with E-state index >= 15 is 0 Å². The second-order valence-electron chi connectivity index (χ2n) is 3.80. The molecule has 2 rings (SSSR count). The molecule has 0 aliphatic heterocycles. The number of aromatic nitrogens is 1. The molecule has 20 heavy (non-hydrogen) atoms. The maximum absolute atomic E-state index is 6.13. The molecule has 2 aromatic rings. The van der Waals surface area contributed by atoms with E-state index in [1.165, 1.54) is 0 Å². The molecular weight excluding hydrogens is 367 g/mol. The summed E-state index contributed by atoms with van der Waals surface area (Å²) in [5.41, 5.74) is 0.658. The van der Waals surface area contributed by atoms with Gasteiger partial charge in [-0.3, -0.25) is 0 Å². The predicted octanol–water partition coefficient (Wildman–Crippen LogP) is 4.91. The molecule has 0 radical (unpaired) electrons. The van der Waals surface area contributed by atoms with Gasteiger partial charge < -0.3 is 14.8 Å². The fraction of sp³-hybridized carbons (Fsp3) is 0.154. The van der Waals surface area contributed by atoms with Gasteiger partial charge in [0.15, 0.2) is 0 Å². The molecule has 0 saturated heterocycles. The summed E-state index contributed by atoms with van der Waals surface area (Å²) in [7, 11) is 3.10. The predicted molar refractivity (Wildman–Crippen MR) is 84.8 cm³/mol. The monoisotopic (exact) mass is 376 g/mol. The zero-order chi connectivity index (χ0) is 14.7. The minimum Gasteiger partial charge on any atom is -0.495 e. The molecule has 106 valence electrons. The van der Waals surface area contributed by atoms with Crippen molar-refractivity contribution in [1.82, 2.24) is 4.98 Å². The first-order chi connectivity index (χ1) is 9.55. The smallest absolute Gasteiger partial charge is 0.149 e. The Balaban J connectivity index is 2.41. The van der Waals surface area contributed by atoms with Crippen LogP contribution >= 0.6 is 39.1 Å². The molecule has 0 aliphatic rings. The Labute approximate surface area is 135 Å². The molecule has 1 N–H and O–H groups in total. The molecule has 4 nitrogen and oxygen atoms in total. The summed E-state index contributed by atoms with van der Waals surface area (Å²) in [5.74, 6) is 1.61. The summed E-state index contributed by atoms with van der Waals surface area (Å²) in [5, 5.41) is 4.04. The Bertz CT molecular complexity index is 638. The van der Waals surface area contributed by atoms with Crippen LogP contribution in [0.4, 0.5) is 11.5 Å². The van der Waals surface area contributed by atoms with Crippen molar-refractivity contribution in [2.45, 2.75) is 0 Å². The second kappa shape index (κ2) is 6.52. The van der Waals surface area contributed by atoms with Crippen molar-refractivity contribution in [3.05, 3.63) is 38.9 Å². The third-order valence-electron chi connectivity index (χ3n) is 2.53. The lowest BCUT2D eigenvalue weighted by Crippen LogP contribution is -1.98. The van der Waals surface area contributed by atoms with Crippen LogP contribution in [0, 0.1) is 0 Å². The van der Waals surface area contributed by atoms with E-state index in [-0.39, 0.29) is 0 Å². The fourth-order valence-corrected chi connectivity index (χ4v) is 2.50. The van der Waals surface area contributed by atoms with Crippen LogP contribution < -0.4 is 14.8 Å². The third-order valence-corrected chi connectivity index (χ3v) is 3.55. The Morgan fingerprint density at radius 1 is 1.05 bits per heavy atom. The standard InChI is InChI=1S/C13H11BrCl2N2O2/c1-19-11-5-10(12(20-2)4-8(11)15)18-13-9(16)3-7(14)6-17-13/h3-6H,1-2H3,(H,17,18). The van der Waals surface area contributed by atoms with Crippen LogP contribution in [0.1, 0.15) is 0 Å². The molecule has 1 aromatic heterocycles. The van der Waals surface area contributed by atoms with Gasteiger partial charge in [-0.15, -0.1) is 0 Å². The Kier molecular flexibility index (Phi) is 4.96. The van der Waals surface area contributed by atoms with Gasteiger partial charge in [-0.1, -0.05) is 23.2 Å². The number of nitrogens with one attached hydrogen (secondary N) is 1. The van der Waals surface area contributed by atoms with Crippen LogP contribution in [-0.4, -0.2) is 19.2 Å². The highest BCUT2D eigenvalue weighted by atomic mass is 79.9. The van der Waals surface area contributed by atoms with Gasteiger partial charge >= 0.3 is 0 Å². The van der Waals surface area contributed by atoms with E-state index in [1.54, 1.807) is 38.6 Å². The highest BCUT2D eigenvalue weighted by molar-refractivity contribution is 9.10. The van der Waals surface area contributed by atoms with Crippen molar-refractivity contribution in [2.75, 3.05) is 19.5 Å². The Morgan fingerprint density at radius 3 is 2.35 bits per heavy atom. The summed E-state index contributed by atoms with van der Waals surface area (Å²) in [6.45, 7) is 0. The number of hydrogen-bond acceptors (Lipinski definition) is 4. The van der Waals surface area contributed by atoms with Crippen molar-refractivity contribution in [3.8, 4) is 11.5 Å². The minimum absolute atomic E-state index is 0.463. The average Bonchev–Trinajstić information content (AvgIpc) is 2.43. The summed E-state index contributed by atoms with van der Waals surface area (Å²) in [6, 6.07) is 5.13. The number of ether oxygens (including phenoxy) is 2. The molecule has 0 spiro atoms. The Morgan fingerprint density at radius 2 is 1.75 bits per heavy atom. The van der Waals surface area contributed by atoms with E-state index in [2.05, 4.69) is 26.2 Å². The number of halogens is 3. The first-order valence-electron chi connectivity index (χ1n) is 5.54. The average molecular weight is 378 g/mol. The van der Waals surface area contributed by atoms with Gasteiger partial charge in [-0.2, -0.15) is 0 Å². The van der Waals surface area contributed by atoms with Crippen molar-refractivity contribution in [2.24, 2.45) is 0 Å². The number of nitrogens with zero attached hydrogens (tertiary/aromatic N) is 1.